The van der Waals surface area contributed by atoms with Crippen LogP contribution in [-0.2, 0) is 11.2 Å². The first-order valence-electron chi connectivity index (χ1n) is 9.05. The molecule has 0 fully saturated rings. The second-order valence-electron chi connectivity index (χ2n) is 6.29. The molecule has 0 unspecified atom stereocenters. The minimum absolute atomic E-state index is 0.103. The van der Waals surface area contributed by atoms with E-state index in [1.807, 2.05) is 23.9 Å². The van der Waals surface area contributed by atoms with E-state index >= 15 is 0 Å². The largest absolute Gasteiger partial charge is 0.494 e. The van der Waals surface area contributed by atoms with Crippen LogP contribution in [0.5, 0.6) is 5.75 Å². The fraction of sp³-hybridized carbons (Fsp3) is 0.381. The molecule has 132 valence electrons. The van der Waals surface area contributed by atoms with E-state index in [0.29, 0.717) is 6.42 Å². The van der Waals surface area contributed by atoms with Gasteiger partial charge in [-0.1, -0.05) is 31.0 Å². The van der Waals surface area contributed by atoms with Crippen molar-refractivity contribution in [2.75, 3.05) is 17.7 Å². The molecule has 1 aliphatic rings. The second kappa shape index (κ2) is 9.52. The second-order valence-corrected chi connectivity index (χ2v) is 7.46. The average Bonchev–Trinajstić information content (AvgIpc) is 2.65. The molecular formula is C21H25NO2S. The standard InChI is InChI=1S/C21H25NO2S/c23-21-13-10-17-16-18(11-12-20(17)22-21)24-14-6-1-2-7-15-25-19-8-4-3-5-9-19/h3-5,8-9,11-12,16H,1-2,6-7,10,13-15H2,(H,22,23). The Morgan fingerprint density at radius 1 is 0.960 bits per heavy atom. The van der Waals surface area contributed by atoms with Gasteiger partial charge in [-0.3, -0.25) is 4.79 Å². The highest BCUT2D eigenvalue weighted by atomic mass is 32.2. The van der Waals surface area contributed by atoms with E-state index in [0.717, 1.165) is 30.9 Å². The van der Waals surface area contributed by atoms with Gasteiger partial charge in [0.2, 0.25) is 5.91 Å². The molecule has 0 atom stereocenters. The minimum Gasteiger partial charge on any atom is -0.494 e. The number of carbonyl (C=O) groups is 1. The van der Waals surface area contributed by atoms with Crippen LogP contribution in [0.25, 0.3) is 0 Å². The third-order valence-electron chi connectivity index (χ3n) is 4.29. The summed E-state index contributed by atoms with van der Waals surface area (Å²) in [6, 6.07) is 16.5. The summed E-state index contributed by atoms with van der Waals surface area (Å²) in [5.41, 5.74) is 2.11. The Bertz CT molecular complexity index is 688. The van der Waals surface area contributed by atoms with E-state index in [-0.39, 0.29) is 5.91 Å². The Kier molecular flexibility index (Phi) is 6.80. The number of anilines is 1. The number of nitrogens with one attached hydrogen (secondary N) is 1. The zero-order valence-corrected chi connectivity index (χ0v) is 15.3. The highest BCUT2D eigenvalue weighted by Gasteiger charge is 2.14. The number of aryl methyl sites for hydroxylation is 1. The Morgan fingerprint density at radius 3 is 2.68 bits per heavy atom. The number of hydrogen-bond acceptors (Lipinski definition) is 3. The predicted molar refractivity (Wildman–Crippen MR) is 105 cm³/mol. The molecule has 0 bridgehead atoms. The van der Waals surface area contributed by atoms with Crippen molar-refractivity contribution in [2.24, 2.45) is 0 Å². The average molecular weight is 356 g/mol. The molecule has 4 heteroatoms. The molecule has 1 N–H and O–H groups in total. The molecule has 3 nitrogen and oxygen atoms in total. The number of ether oxygens (including phenoxy) is 1. The van der Waals surface area contributed by atoms with Crippen LogP contribution in [0.1, 0.15) is 37.7 Å². The molecule has 1 aliphatic heterocycles. The first kappa shape index (κ1) is 17.9. The van der Waals surface area contributed by atoms with E-state index in [9.17, 15) is 4.79 Å². The maximum atomic E-state index is 11.4. The number of fused-ring (bicyclic) bond motifs is 1. The summed E-state index contributed by atoms with van der Waals surface area (Å²) < 4.78 is 5.86. The SMILES string of the molecule is O=C1CCc2cc(OCCCCCCSc3ccccc3)ccc2N1. The molecule has 1 heterocycles. The summed E-state index contributed by atoms with van der Waals surface area (Å²) in [6.45, 7) is 0.761. The number of rotatable bonds is 9. The third-order valence-corrected chi connectivity index (χ3v) is 5.39. The van der Waals surface area contributed by atoms with Crippen LogP contribution in [0.3, 0.4) is 0 Å². The van der Waals surface area contributed by atoms with Crippen molar-refractivity contribution in [2.45, 2.75) is 43.4 Å². The Morgan fingerprint density at radius 2 is 1.80 bits per heavy atom. The zero-order valence-electron chi connectivity index (χ0n) is 14.5. The smallest absolute Gasteiger partial charge is 0.224 e. The topological polar surface area (TPSA) is 38.3 Å². The molecule has 0 aromatic heterocycles. The molecule has 1 amide bonds. The lowest BCUT2D eigenvalue weighted by molar-refractivity contribution is -0.116. The van der Waals surface area contributed by atoms with Gasteiger partial charge in [-0.2, -0.15) is 0 Å². The van der Waals surface area contributed by atoms with Crippen LogP contribution in [0.2, 0.25) is 0 Å². The van der Waals surface area contributed by atoms with Crippen molar-refractivity contribution < 1.29 is 9.53 Å². The fourth-order valence-electron chi connectivity index (χ4n) is 2.90. The molecule has 0 radical (unpaired) electrons. The molecular weight excluding hydrogens is 330 g/mol. The van der Waals surface area contributed by atoms with Crippen LogP contribution in [0.4, 0.5) is 5.69 Å². The van der Waals surface area contributed by atoms with Gasteiger partial charge < -0.3 is 10.1 Å². The molecule has 0 spiro atoms. The molecule has 0 saturated heterocycles. The van der Waals surface area contributed by atoms with Gasteiger partial charge in [-0.05, 0) is 60.9 Å². The van der Waals surface area contributed by atoms with Gasteiger partial charge in [0.25, 0.3) is 0 Å². The summed E-state index contributed by atoms with van der Waals surface area (Å²) in [6.07, 6.45) is 6.16. The van der Waals surface area contributed by atoms with Crippen LogP contribution < -0.4 is 10.1 Å². The van der Waals surface area contributed by atoms with Crippen molar-refractivity contribution in [3.8, 4) is 5.75 Å². The maximum Gasteiger partial charge on any atom is 0.224 e. The van der Waals surface area contributed by atoms with Gasteiger partial charge in [-0.25, -0.2) is 0 Å². The summed E-state index contributed by atoms with van der Waals surface area (Å²) in [5, 5.41) is 2.90. The summed E-state index contributed by atoms with van der Waals surface area (Å²) in [5.74, 6) is 2.20. The molecule has 2 aromatic carbocycles. The monoisotopic (exact) mass is 355 g/mol. The van der Waals surface area contributed by atoms with Gasteiger partial charge in [-0.15, -0.1) is 11.8 Å². The highest BCUT2D eigenvalue weighted by molar-refractivity contribution is 7.99. The van der Waals surface area contributed by atoms with Crippen molar-refractivity contribution in [3.63, 3.8) is 0 Å². The van der Waals surface area contributed by atoms with Crippen LogP contribution in [0.15, 0.2) is 53.4 Å². The molecule has 3 rings (SSSR count). The van der Waals surface area contributed by atoms with Gasteiger partial charge in [0.05, 0.1) is 6.61 Å². The van der Waals surface area contributed by atoms with E-state index < -0.39 is 0 Å². The Labute approximate surface area is 154 Å². The number of unbranched alkanes of at least 4 members (excludes halogenated alkanes) is 3. The Hall–Kier alpha value is -1.94. The number of hydrogen-bond donors (Lipinski definition) is 1. The number of thioether (sulfide) groups is 1. The number of amides is 1. The summed E-state index contributed by atoms with van der Waals surface area (Å²) >= 11 is 1.93. The zero-order chi connectivity index (χ0) is 17.3. The van der Waals surface area contributed by atoms with E-state index in [2.05, 4.69) is 41.7 Å². The third kappa shape index (κ3) is 5.82. The van der Waals surface area contributed by atoms with Gasteiger partial charge in [0, 0.05) is 17.0 Å². The first-order valence-corrected chi connectivity index (χ1v) is 10.0. The van der Waals surface area contributed by atoms with Crippen molar-refractivity contribution >= 4 is 23.4 Å². The number of carbonyl (C=O) groups excluding carboxylic acids is 1. The normalized spacial score (nSPS) is 13.2. The van der Waals surface area contributed by atoms with E-state index in [1.165, 1.54) is 35.5 Å². The van der Waals surface area contributed by atoms with Gasteiger partial charge >= 0.3 is 0 Å². The first-order chi connectivity index (χ1) is 12.3. The summed E-state index contributed by atoms with van der Waals surface area (Å²) in [7, 11) is 0. The fourth-order valence-corrected chi connectivity index (χ4v) is 3.84. The Balaban J connectivity index is 1.27. The molecule has 2 aromatic rings. The maximum absolute atomic E-state index is 11.4. The lowest BCUT2D eigenvalue weighted by atomic mass is 10.0. The van der Waals surface area contributed by atoms with Crippen LogP contribution >= 0.6 is 11.8 Å². The van der Waals surface area contributed by atoms with Crippen molar-refractivity contribution in [1.29, 1.82) is 0 Å². The van der Waals surface area contributed by atoms with Gasteiger partial charge in [0.15, 0.2) is 0 Å². The van der Waals surface area contributed by atoms with Crippen molar-refractivity contribution in [3.05, 3.63) is 54.1 Å². The van der Waals surface area contributed by atoms with Crippen molar-refractivity contribution in [1.82, 2.24) is 0 Å². The molecule has 0 aliphatic carbocycles. The lowest BCUT2D eigenvalue weighted by Gasteiger charge is -2.17. The van der Waals surface area contributed by atoms with E-state index in [1.54, 1.807) is 0 Å². The highest BCUT2D eigenvalue weighted by Crippen LogP contribution is 2.27. The molecule has 0 saturated carbocycles. The predicted octanol–water partition coefficient (Wildman–Crippen LogP) is 5.30. The van der Waals surface area contributed by atoms with Crippen LogP contribution in [0, 0.1) is 0 Å². The molecule has 25 heavy (non-hydrogen) atoms. The summed E-state index contributed by atoms with van der Waals surface area (Å²) in [4.78, 5) is 12.7. The van der Waals surface area contributed by atoms with E-state index in [4.69, 9.17) is 4.74 Å². The minimum atomic E-state index is 0.103. The quantitative estimate of drug-likeness (QED) is 0.490. The lowest BCUT2D eigenvalue weighted by Crippen LogP contribution is -2.18. The van der Waals surface area contributed by atoms with Crippen LogP contribution in [-0.4, -0.2) is 18.3 Å². The number of benzene rings is 2. The van der Waals surface area contributed by atoms with Gasteiger partial charge in [0.1, 0.15) is 5.75 Å².